The van der Waals surface area contributed by atoms with Crippen LogP contribution in [-0.4, -0.2) is 44.3 Å². The zero-order valence-electron chi connectivity index (χ0n) is 10.9. The molecule has 1 aliphatic rings. The molecule has 0 radical (unpaired) electrons. The van der Waals surface area contributed by atoms with Crippen molar-refractivity contribution in [2.24, 2.45) is 0 Å². The van der Waals surface area contributed by atoms with Crippen molar-refractivity contribution in [3.63, 3.8) is 0 Å². The Morgan fingerprint density at radius 2 is 2.24 bits per heavy atom. The zero-order valence-corrected chi connectivity index (χ0v) is 10.9. The minimum Gasteiger partial charge on any atom is -0.378 e. The molecule has 2 rings (SSSR count). The van der Waals surface area contributed by atoms with Crippen molar-refractivity contribution in [1.82, 2.24) is 10.2 Å². The summed E-state index contributed by atoms with van der Waals surface area (Å²) in [5.41, 5.74) is 2.66. The van der Waals surface area contributed by atoms with Crippen LogP contribution in [0.15, 0.2) is 24.3 Å². The van der Waals surface area contributed by atoms with Gasteiger partial charge in [-0.2, -0.15) is 0 Å². The van der Waals surface area contributed by atoms with Gasteiger partial charge in [0, 0.05) is 32.8 Å². The van der Waals surface area contributed by atoms with Gasteiger partial charge < -0.3 is 15.0 Å². The Balaban J connectivity index is 1.89. The summed E-state index contributed by atoms with van der Waals surface area (Å²) < 4.78 is 5.50. The number of nitrogens with zero attached hydrogens (tertiary/aromatic N) is 1. The maximum absolute atomic E-state index is 5.50. The van der Waals surface area contributed by atoms with Gasteiger partial charge in [-0.1, -0.05) is 29.8 Å². The molecule has 1 saturated heterocycles. The third kappa shape index (κ3) is 3.28. The number of rotatable bonds is 4. The molecule has 17 heavy (non-hydrogen) atoms. The molecule has 0 amide bonds. The molecule has 0 aromatic heterocycles. The molecular formula is C14H22N2O. The van der Waals surface area contributed by atoms with Gasteiger partial charge in [0.05, 0.1) is 6.10 Å². The third-order valence-corrected chi connectivity index (χ3v) is 3.40. The van der Waals surface area contributed by atoms with Crippen LogP contribution in [0.5, 0.6) is 0 Å². The number of hydrogen-bond donors (Lipinski definition) is 1. The molecule has 0 unspecified atom stereocenters. The fourth-order valence-electron chi connectivity index (χ4n) is 2.47. The normalized spacial score (nSPS) is 25.4. The number of likely N-dealkylation sites (N-methyl/N-ethyl adjacent to an activating group) is 1. The van der Waals surface area contributed by atoms with Crippen LogP contribution in [0.1, 0.15) is 11.1 Å². The Morgan fingerprint density at radius 1 is 1.41 bits per heavy atom. The summed E-state index contributed by atoms with van der Waals surface area (Å²) in [6.45, 7) is 5.12. The standard InChI is InChI=1S/C14H22N2O/c1-11-5-4-6-12(7-11)8-15-13-9-16(2)10-14(13)17-3/h4-7,13-15H,8-10H2,1-3H3/t13-,14-/m0/s1. The van der Waals surface area contributed by atoms with E-state index in [4.69, 9.17) is 4.74 Å². The van der Waals surface area contributed by atoms with E-state index in [2.05, 4.69) is 48.5 Å². The smallest absolute Gasteiger partial charge is 0.0863 e. The fraction of sp³-hybridized carbons (Fsp3) is 0.571. The van der Waals surface area contributed by atoms with Crippen LogP contribution in [0.4, 0.5) is 0 Å². The van der Waals surface area contributed by atoms with Crippen LogP contribution in [-0.2, 0) is 11.3 Å². The van der Waals surface area contributed by atoms with E-state index in [1.807, 2.05) is 0 Å². The largest absolute Gasteiger partial charge is 0.378 e. The van der Waals surface area contributed by atoms with E-state index in [0.29, 0.717) is 12.1 Å². The Labute approximate surface area is 104 Å². The Bertz CT molecular complexity index is 367. The second-order valence-corrected chi connectivity index (χ2v) is 4.97. The van der Waals surface area contributed by atoms with Gasteiger partial charge in [0.15, 0.2) is 0 Å². The minimum absolute atomic E-state index is 0.310. The SMILES string of the molecule is CO[C@H]1CN(C)C[C@@H]1NCc1cccc(C)c1. The highest BCUT2D eigenvalue weighted by Crippen LogP contribution is 2.12. The second kappa shape index (κ2) is 5.63. The first kappa shape index (κ1) is 12.6. The lowest BCUT2D eigenvalue weighted by atomic mass is 10.1. The van der Waals surface area contributed by atoms with Gasteiger partial charge in [-0.15, -0.1) is 0 Å². The van der Waals surface area contributed by atoms with E-state index in [-0.39, 0.29) is 0 Å². The number of ether oxygens (including phenoxy) is 1. The topological polar surface area (TPSA) is 24.5 Å². The van der Waals surface area contributed by atoms with Crippen LogP contribution in [0.2, 0.25) is 0 Å². The number of methoxy groups -OCH3 is 1. The molecule has 0 aliphatic carbocycles. The summed E-state index contributed by atoms with van der Waals surface area (Å²) in [5.74, 6) is 0. The molecule has 94 valence electrons. The molecular weight excluding hydrogens is 212 g/mol. The maximum atomic E-state index is 5.50. The Hall–Kier alpha value is -0.900. The predicted molar refractivity (Wildman–Crippen MR) is 70.1 cm³/mol. The van der Waals surface area contributed by atoms with E-state index < -0.39 is 0 Å². The van der Waals surface area contributed by atoms with Crippen molar-refractivity contribution in [2.45, 2.75) is 25.6 Å². The molecule has 1 aromatic rings. The highest BCUT2D eigenvalue weighted by Gasteiger charge is 2.30. The van der Waals surface area contributed by atoms with Crippen molar-refractivity contribution in [3.05, 3.63) is 35.4 Å². The van der Waals surface area contributed by atoms with Crippen LogP contribution in [0.25, 0.3) is 0 Å². The van der Waals surface area contributed by atoms with Gasteiger partial charge in [-0.05, 0) is 19.5 Å². The van der Waals surface area contributed by atoms with E-state index in [1.54, 1.807) is 7.11 Å². The monoisotopic (exact) mass is 234 g/mol. The molecule has 1 fully saturated rings. The average molecular weight is 234 g/mol. The molecule has 1 aromatic carbocycles. The lowest BCUT2D eigenvalue weighted by molar-refractivity contribution is 0.0911. The summed E-state index contributed by atoms with van der Waals surface area (Å²) >= 11 is 0. The van der Waals surface area contributed by atoms with Crippen LogP contribution >= 0.6 is 0 Å². The van der Waals surface area contributed by atoms with Gasteiger partial charge in [-0.3, -0.25) is 0 Å². The van der Waals surface area contributed by atoms with Crippen LogP contribution in [0.3, 0.4) is 0 Å². The van der Waals surface area contributed by atoms with Crippen molar-refractivity contribution in [3.8, 4) is 0 Å². The molecule has 0 spiro atoms. The molecule has 2 atom stereocenters. The number of benzene rings is 1. The molecule has 3 heteroatoms. The van der Waals surface area contributed by atoms with E-state index >= 15 is 0 Å². The number of nitrogens with one attached hydrogen (secondary N) is 1. The Kier molecular flexibility index (Phi) is 4.15. The highest BCUT2D eigenvalue weighted by atomic mass is 16.5. The summed E-state index contributed by atoms with van der Waals surface area (Å²) in [6, 6.07) is 9.07. The Morgan fingerprint density at radius 3 is 2.94 bits per heavy atom. The van der Waals surface area contributed by atoms with Gasteiger partial charge >= 0.3 is 0 Å². The van der Waals surface area contributed by atoms with Crippen molar-refractivity contribution in [2.75, 3.05) is 27.2 Å². The first-order valence-electron chi connectivity index (χ1n) is 6.19. The highest BCUT2D eigenvalue weighted by molar-refractivity contribution is 5.22. The van der Waals surface area contributed by atoms with Crippen molar-refractivity contribution >= 4 is 0 Å². The van der Waals surface area contributed by atoms with Crippen molar-refractivity contribution < 1.29 is 4.74 Å². The van der Waals surface area contributed by atoms with E-state index in [0.717, 1.165) is 19.6 Å². The van der Waals surface area contributed by atoms with Gasteiger partial charge in [0.1, 0.15) is 0 Å². The van der Waals surface area contributed by atoms with Crippen molar-refractivity contribution in [1.29, 1.82) is 0 Å². The first-order valence-corrected chi connectivity index (χ1v) is 6.19. The molecule has 3 nitrogen and oxygen atoms in total. The lowest BCUT2D eigenvalue weighted by Gasteiger charge is -2.18. The molecule has 0 bridgehead atoms. The average Bonchev–Trinajstić information content (AvgIpc) is 2.67. The number of likely N-dealkylation sites (tertiary alicyclic amines) is 1. The molecule has 0 saturated carbocycles. The zero-order chi connectivity index (χ0) is 12.3. The van der Waals surface area contributed by atoms with Gasteiger partial charge in [0.2, 0.25) is 0 Å². The van der Waals surface area contributed by atoms with Crippen LogP contribution in [0, 0.1) is 6.92 Å². The van der Waals surface area contributed by atoms with E-state index in [9.17, 15) is 0 Å². The maximum Gasteiger partial charge on any atom is 0.0863 e. The first-order chi connectivity index (χ1) is 8.19. The quantitative estimate of drug-likeness (QED) is 0.852. The lowest BCUT2D eigenvalue weighted by Crippen LogP contribution is -2.39. The molecule has 1 heterocycles. The molecule has 1 N–H and O–H groups in total. The van der Waals surface area contributed by atoms with Gasteiger partial charge in [0.25, 0.3) is 0 Å². The number of hydrogen-bond acceptors (Lipinski definition) is 3. The summed E-state index contributed by atoms with van der Waals surface area (Å²) in [5, 5.41) is 3.59. The predicted octanol–water partition coefficient (Wildman–Crippen LogP) is 1.41. The van der Waals surface area contributed by atoms with Crippen LogP contribution < -0.4 is 5.32 Å². The fourth-order valence-corrected chi connectivity index (χ4v) is 2.47. The summed E-state index contributed by atoms with van der Waals surface area (Å²) in [6.07, 6.45) is 0.310. The summed E-state index contributed by atoms with van der Waals surface area (Å²) in [4.78, 5) is 2.31. The van der Waals surface area contributed by atoms with Gasteiger partial charge in [-0.25, -0.2) is 0 Å². The third-order valence-electron chi connectivity index (χ3n) is 3.40. The number of aryl methyl sites for hydroxylation is 1. The van der Waals surface area contributed by atoms with E-state index in [1.165, 1.54) is 11.1 Å². The minimum atomic E-state index is 0.310. The molecule has 1 aliphatic heterocycles. The second-order valence-electron chi connectivity index (χ2n) is 4.97. The summed E-state index contributed by atoms with van der Waals surface area (Å²) in [7, 11) is 3.94.